The zero-order chi connectivity index (χ0) is 16.1. The van der Waals surface area contributed by atoms with Crippen molar-refractivity contribution >= 4 is 5.69 Å². The third kappa shape index (κ3) is 4.13. The molecule has 1 aliphatic rings. The van der Waals surface area contributed by atoms with Crippen LogP contribution in [0.1, 0.15) is 18.2 Å². The Kier molecular flexibility index (Phi) is 5.00. The molecule has 5 nitrogen and oxygen atoms in total. The summed E-state index contributed by atoms with van der Waals surface area (Å²) in [6.07, 6.45) is 1.58. The molecule has 1 aromatic carbocycles. The highest BCUT2D eigenvalue weighted by Gasteiger charge is 2.25. The second-order valence-electron chi connectivity index (χ2n) is 6.12. The van der Waals surface area contributed by atoms with Crippen LogP contribution < -0.4 is 10.2 Å². The molecule has 0 spiro atoms. The zero-order valence-electron chi connectivity index (χ0n) is 13.5. The zero-order valence-corrected chi connectivity index (χ0v) is 13.5. The van der Waals surface area contributed by atoms with Crippen molar-refractivity contribution in [1.82, 2.24) is 5.32 Å². The molecule has 2 heterocycles. The number of nitrogens with one attached hydrogen (secondary N) is 1. The second-order valence-corrected chi connectivity index (χ2v) is 6.12. The smallest absolute Gasteiger partial charge is 0.136 e. The SMILES string of the molecule is CC(O)(CNCc1ccc(N2CCOCC2)cc1)c1ccco1. The lowest BCUT2D eigenvalue weighted by Crippen LogP contribution is -2.36. The maximum Gasteiger partial charge on any atom is 0.136 e. The van der Waals surface area contributed by atoms with E-state index in [2.05, 4.69) is 34.5 Å². The molecular weight excluding hydrogens is 292 g/mol. The van der Waals surface area contributed by atoms with Crippen LogP contribution in [0.3, 0.4) is 0 Å². The van der Waals surface area contributed by atoms with Crippen LogP contribution in [0.15, 0.2) is 47.1 Å². The van der Waals surface area contributed by atoms with Crippen LogP contribution in [0.5, 0.6) is 0 Å². The van der Waals surface area contributed by atoms with Gasteiger partial charge in [-0.1, -0.05) is 12.1 Å². The van der Waals surface area contributed by atoms with Crippen molar-refractivity contribution in [1.29, 1.82) is 0 Å². The average molecular weight is 316 g/mol. The fourth-order valence-electron chi connectivity index (χ4n) is 2.77. The standard InChI is InChI=1S/C18H24N2O3/c1-18(21,17-3-2-10-23-17)14-19-13-15-4-6-16(7-5-15)20-8-11-22-12-9-20/h2-7,10,19,21H,8-9,11-14H2,1H3. The molecule has 2 N–H and O–H groups in total. The molecule has 1 atom stereocenters. The molecule has 23 heavy (non-hydrogen) atoms. The van der Waals surface area contributed by atoms with E-state index in [1.54, 1.807) is 25.3 Å². The van der Waals surface area contributed by atoms with Crippen LogP contribution >= 0.6 is 0 Å². The summed E-state index contributed by atoms with van der Waals surface area (Å²) in [6, 6.07) is 12.1. The van der Waals surface area contributed by atoms with Crippen LogP contribution in [0.2, 0.25) is 0 Å². The Morgan fingerprint density at radius 1 is 1.17 bits per heavy atom. The fourth-order valence-corrected chi connectivity index (χ4v) is 2.77. The number of hydrogen-bond donors (Lipinski definition) is 2. The summed E-state index contributed by atoms with van der Waals surface area (Å²) in [6.45, 7) is 6.38. The first-order valence-corrected chi connectivity index (χ1v) is 8.04. The molecule has 0 bridgehead atoms. The van der Waals surface area contributed by atoms with Crippen molar-refractivity contribution in [2.75, 3.05) is 37.7 Å². The molecule has 0 saturated carbocycles. The fraction of sp³-hybridized carbons (Fsp3) is 0.444. The topological polar surface area (TPSA) is 57.9 Å². The molecule has 1 aliphatic heterocycles. The Balaban J connectivity index is 1.50. The van der Waals surface area contributed by atoms with Gasteiger partial charge in [-0.05, 0) is 36.8 Å². The van der Waals surface area contributed by atoms with Gasteiger partial charge in [0, 0.05) is 31.9 Å². The van der Waals surface area contributed by atoms with Gasteiger partial charge in [0.05, 0.1) is 19.5 Å². The molecule has 3 rings (SSSR count). The van der Waals surface area contributed by atoms with E-state index in [-0.39, 0.29) is 0 Å². The van der Waals surface area contributed by atoms with E-state index in [0.717, 1.165) is 26.3 Å². The van der Waals surface area contributed by atoms with Gasteiger partial charge in [0.2, 0.25) is 0 Å². The minimum Gasteiger partial charge on any atom is -0.466 e. The highest BCUT2D eigenvalue weighted by molar-refractivity contribution is 5.47. The van der Waals surface area contributed by atoms with Gasteiger partial charge in [-0.3, -0.25) is 0 Å². The molecule has 0 radical (unpaired) electrons. The minimum atomic E-state index is -1.00. The molecule has 1 fully saturated rings. The van der Waals surface area contributed by atoms with Crippen molar-refractivity contribution < 1.29 is 14.3 Å². The second kappa shape index (κ2) is 7.17. The van der Waals surface area contributed by atoms with Crippen LogP contribution in [0.4, 0.5) is 5.69 Å². The van der Waals surface area contributed by atoms with Gasteiger partial charge in [-0.25, -0.2) is 0 Å². The van der Waals surface area contributed by atoms with Gasteiger partial charge >= 0.3 is 0 Å². The van der Waals surface area contributed by atoms with Crippen molar-refractivity contribution in [3.8, 4) is 0 Å². The monoisotopic (exact) mass is 316 g/mol. The summed E-state index contributed by atoms with van der Waals surface area (Å²) < 4.78 is 10.7. The highest BCUT2D eigenvalue weighted by Crippen LogP contribution is 2.20. The Bertz CT molecular complexity index is 587. The van der Waals surface area contributed by atoms with Crippen molar-refractivity contribution in [3.05, 3.63) is 54.0 Å². The van der Waals surface area contributed by atoms with Crippen molar-refractivity contribution in [2.45, 2.75) is 19.1 Å². The molecule has 2 aromatic rings. The third-order valence-electron chi connectivity index (χ3n) is 4.16. The summed E-state index contributed by atoms with van der Waals surface area (Å²) in [4.78, 5) is 2.34. The van der Waals surface area contributed by atoms with E-state index in [4.69, 9.17) is 9.15 Å². The van der Waals surface area contributed by atoms with Gasteiger partial charge in [0.15, 0.2) is 0 Å². The summed E-state index contributed by atoms with van der Waals surface area (Å²) in [5, 5.41) is 13.7. The summed E-state index contributed by atoms with van der Waals surface area (Å²) in [5.41, 5.74) is 1.42. The summed E-state index contributed by atoms with van der Waals surface area (Å²) in [5.74, 6) is 0.577. The molecule has 1 saturated heterocycles. The van der Waals surface area contributed by atoms with Crippen LogP contribution in [-0.4, -0.2) is 38.0 Å². The van der Waals surface area contributed by atoms with Gasteiger partial charge < -0.3 is 24.5 Å². The number of rotatable bonds is 6. The first-order valence-electron chi connectivity index (χ1n) is 8.04. The first kappa shape index (κ1) is 16.1. The van der Waals surface area contributed by atoms with E-state index < -0.39 is 5.60 Å². The van der Waals surface area contributed by atoms with Gasteiger partial charge in [0.1, 0.15) is 11.4 Å². The number of furan rings is 1. The maximum absolute atomic E-state index is 10.4. The van der Waals surface area contributed by atoms with E-state index >= 15 is 0 Å². The maximum atomic E-state index is 10.4. The predicted molar refractivity (Wildman–Crippen MR) is 89.5 cm³/mol. The third-order valence-corrected chi connectivity index (χ3v) is 4.16. The quantitative estimate of drug-likeness (QED) is 0.855. The van der Waals surface area contributed by atoms with E-state index in [0.29, 0.717) is 18.8 Å². The number of benzene rings is 1. The first-order chi connectivity index (χ1) is 11.1. The summed E-state index contributed by atoms with van der Waals surface area (Å²) in [7, 11) is 0. The number of hydrogen-bond acceptors (Lipinski definition) is 5. The largest absolute Gasteiger partial charge is 0.466 e. The van der Waals surface area contributed by atoms with Crippen LogP contribution in [-0.2, 0) is 16.9 Å². The highest BCUT2D eigenvalue weighted by atomic mass is 16.5. The lowest BCUT2D eigenvalue weighted by atomic mass is 10.0. The van der Waals surface area contributed by atoms with Crippen molar-refractivity contribution in [2.24, 2.45) is 0 Å². The van der Waals surface area contributed by atoms with E-state index in [1.165, 1.54) is 11.3 Å². The van der Waals surface area contributed by atoms with Gasteiger partial charge in [-0.2, -0.15) is 0 Å². The van der Waals surface area contributed by atoms with Gasteiger partial charge in [-0.15, -0.1) is 0 Å². The normalized spacial score (nSPS) is 17.9. The Morgan fingerprint density at radius 2 is 1.91 bits per heavy atom. The minimum absolute atomic E-state index is 0.436. The number of ether oxygens (including phenoxy) is 1. The lowest BCUT2D eigenvalue weighted by molar-refractivity contribution is 0.0340. The molecular formula is C18H24N2O3. The average Bonchev–Trinajstić information content (AvgIpc) is 3.12. The van der Waals surface area contributed by atoms with E-state index in [9.17, 15) is 5.11 Å². The molecule has 5 heteroatoms. The molecule has 124 valence electrons. The van der Waals surface area contributed by atoms with Crippen LogP contribution in [0.25, 0.3) is 0 Å². The number of nitrogens with zero attached hydrogens (tertiary/aromatic N) is 1. The molecule has 0 amide bonds. The Hall–Kier alpha value is -1.82. The molecule has 0 aliphatic carbocycles. The van der Waals surface area contributed by atoms with E-state index in [1.807, 2.05) is 0 Å². The Labute approximate surface area is 136 Å². The Morgan fingerprint density at radius 3 is 2.57 bits per heavy atom. The lowest BCUT2D eigenvalue weighted by Gasteiger charge is -2.29. The predicted octanol–water partition coefficient (Wildman–Crippen LogP) is 2.11. The number of morpholine rings is 1. The van der Waals surface area contributed by atoms with Crippen LogP contribution in [0, 0.1) is 0 Å². The molecule has 1 aromatic heterocycles. The number of aliphatic hydroxyl groups is 1. The van der Waals surface area contributed by atoms with Gasteiger partial charge in [0.25, 0.3) is 0 Å². The van der Waals surface area contributed by atoms with Crippen molar-refractivity contribution in [3.63, 3.8) is 0 Å². The molecule has 1 unspecified atom stereocenters. The summed E-state index contributed by atoms with van der Waals surface area (Å²) >= 11 is 0. The number of anilines is 1.